The number of hydrogen-bond donors (Lipinski definition) is 3. The van der Waals surface area contributed by atoms with Gasteiger partial charge >= 0.3 is 6.03 Å². The second-order valence-electron chi connectivity index (χ2n) is 3.29. The topological polar surface area (TPSA) is 113 Å². The number of benzene rings is 1. The maximum atomic E-state index is 11.7. The summed E-state index contributed by atoms with van der Waals surface area (Å²) < 4.78 is 0. The van der Waals surface area contributed by atoms with Crippen molar-refractivity contribution in [1.29, 1.82) is 0 Å². The number of rotatable bonds is 2. The van der Waals surface area contributed by atoms with E-state index >= 15 is 0 Å². The van der Waals surface area contributed by atoms with Gasteiger partial charge in [-0.25, -0.2) is 4.79 Å². The lowest BCUT2D eigenvalue weighted by molar-refractivity contribution is -0.384. The molecular weight excluding hydrogens is 272 g/mol. The van der Waals surface area contributed by atoms with Gasteiger partial charge in [0.15, 0.2) is 5.11 Å². The van der Waals surface area contributed by atoms with Crippen molar-refractivity contribution in [3.63, 3.8) is 0 Å². The minimum absolute atomic E-state index is 0.0651. The molecule has 0 fully saturated rings. The number of carbonyl (C=O) groups excluding carboxylic acids is 2. The Labute approximate surface area is 113 Å². The van der Waals surface area contributed by atoms with Crippen molar-refractivity contribution in [1.82, 2.24) is 16.0 Å². The Bertz CT molecular complexity index is 546. The van der Waals surface area contributed by atoms with Gasteiger partial charge in [0.05, 0.1) is 4.92 Å². The summed E-state index contributed by atoms with van der Waals surface area (Å²) in [5.74, 6) is -0.648. The average molecular weight is 282 g/mol. The maximum absolute atomic E-state index is 11.7. The van der Waals surface area contributed by atoms with Gasteiger partial charge in [-0.2, -0.15) is 0 Å². The molecule has 0 aliphatic carbocycles. The number of nitrogens with zero attached hydrogens (tertiary/aromatic N) is 1. The predicted octanol–water partition coefficient (Wildman–Crippen LogP) is 0.538. The van der Waals surface area contributed by atoms with Crippen molar-refractivity contribution in [2.75, 3.05) is 7.05 Å². The number of carbonyl (C=O) groups is 2. The SMILES string of the molecule is CNC(=O)NC(=S)NC(=O)c1cccc([N+](=O)[O-])c1. The van der Waals surface area contributed by atoms with E-state index < -0.39 is 16.9 Å². The molecule has 1 rings (SSSR count). The summed E-state index contributed by atoms with van der Waals surface area (Å²) in [6, 6.07) is 4.56. The predicted molar refractivity (Wildman–Crippen MR) is 70.8 cm³/mol. The fourth-order valence-electron chi connectivity index (χ4n) is 1.13. The molecule has 0 saturated carbocycles. The van der Waals surface area contributed by atoms with Crippen LogP contribution in [-0.2, 0) is 0 Å². The molecule has 9 heteroatoms. The molecule has 8 nitrogen and oxygen atoms in total. The van der Waals surface area contributed by atoms with Gasteiger partial charge in [0, 0.05) is 24.7 Å². The van der Waals surface area contributed by atoms with Crippen LogP contribution in [0.5, 0.6) is 0 Å². The van der Waals surface area contributed by atoms with Gasteiger partial charge in [-0.05, 0) is 18.3 Å². The van der Waals surface area contributed by atoms with Crippen molar-refractivity contribution in [2.24, 2.45) is 0 Å². The van der Waals surface area contributed by atoms with Crippen LogP contribution in [0.15, 0.2) is 24.3 Å². The van der Waals surface area contributed by atoms with E-state index in [9.17, 15) is 19.7 Å². The van der Waals surface area contributed by atoms with E-state index in [2.05, 4.69) is 16.0 Å². The Balaban J connectivity index is 2.73. The lowest BCUT2D eigenvalue weighted by Crippen LogP contribution is -2.45. The third-order valence-corrected chi connectivity index (χ3v) is 2.20. The normalized spacial score (nSPS) is 9.32. The number of nitrogens with one attached hydrogen (secondary N) is 3. The largest absolute Gasteiger partial charge is 0.341 e. The smallest absolute Gasteiger partial charge is 0.320 e. The van der Waals surface area contributed by atoms with Crippen LogP contribution in [0, 0.1) is 10.1 Å². The highest BCUT2D eigenvalue weighted by Gasteiger charge is 2.13. The minimum Gasteiger partial charge on any atom is -0.341 e. The number of nitro groups is 1. The molecule has 0 saturated heterocycles. The number of non-ortho nitro benzene ring substituents is 1. The van der Waals surface area contributed by atoms with Crippen LogP contribution in [0.3, 0.4) is 0 Å². The van der Waals surface area contributed by atoms with Gasteiger partial charge in [-0.3, -0.25) is 25.5 Å². The van der Waals surface area contributed by atoms with Crippen molar-refractivity contribution in [3.05, 3.63) is 39.9 Å². The van der Waals surface area contributed by atoms with Crippen LogP contribution >= 0.6 is 12.2 Å². The Kier molecular flexibility index (Phi) is 4.89. The Morgan fingerprint density at radius 2 is 2.00 bits per heavy atom. The molecule has 0 aliphatic rings. The summed E-state index contributed by atoms with van der Waals surface area (Å²) in [5.41, 5.74) is -0.145. The van der Waals surface area contributed by atoms with E-state index in [1.807, 2.05) is 0 Å². The molecule has 1 aromatic carbocycles. The molecule has 0 aliphatic heterocycles. The first kappa shape index (κ1) is 14.5. The van der Waals surface area contributed by atoms with Crippen molar-refractivity contribution < 1.29 is 14.5 Å². The van der Waals surface area contributed by atoms with Crippen LogP contribution in [0.25, 0.3) is 0 Å². The minimum atomic E-state index is -0.648. The molecule has 100 valence electrons. The Hall–Kier alpha value is -2.55. The molecule has 0 atom stereocenters. The van der Waals surface area contributed by atoms with E-state index in [-0.39, 0.29) is 16.4 Å². The standard InChI is InChI=1S/C10H10N4O4S/c1-11-9(16)13-10(19)12-8(15)6-3-2-4-7(5-6)14(17)18/h2-5H,1H3,(H3,11,12,13,15,16,19). The molecule has 3 amide bonds. The molecular formula is C10H10N4O4S. The van der Waals surface area contributed by atoms with E-state index in [1.165, 1.54) is 25.2 Å². The summed E-state index contributed by atoms with van der Waals surface area (Å²) in [6.45, 7) is 0. The number of nitro benzene ring substituents is 1. The number of hydrogen-bond acceptors (Lipinski definition) is 5. The monoisotopic (exact) mass is 282 g/mol. The maximum Gasteiger partial charge on any atom is 0.320 e. The summed E-state index contributed by atoms with van der Waals surface area (Å²) >= 11 is 4.72. The molecule has 0 aromatic heterocycles. The lowest BCUT2D eigenvalue weighted by Gasteiger charge is -2.07. The molecule has 0 unspecified atom stereocenters. The van der Waals surface area contributed by atoms with Gasteiger partial charge in [0.2, 0.25) is 0 Å². The van der Waals surface area contributed by atoms with Gasteiger partial charge in [-0.1, -0.05) is 6.07 Å². The van der Waals surface area contributed by atoms with Gasteiger partial charge < -0.3 is 5.32 Å². The zero-order chi connectivity index (χ0) is 14.4. The number of amides is 3. The molecule has 3 N–H and O–H groups in total. The van der Waals surface area contributed by atoms with Crippen molar-refractivity contribution in [3.8, 4) is 0 Å². The Morgan fingerprint density at radius 3 is 2.58 bits per heavy atom. The number of thiocarbonyl (C=S) groups is 1. The molecule has 0 radical (unpaired) electrons. The molecule has 1 aromatic rings. The zero-order valence-electron chi connectivity index (χ0n) is 9.80. The van der Waals surface area contributed by atoms with Crippen LogP contribution < -0.4 is 16.0 Å². The Morgan fingerprint density at radius 1 is 1.32 bits per heavy atom. The van der Waals surface area contributed by atoms with E-state index in [4.69, 9.17) is 12.2 Å². The molecule has 0 spiro atoms. The fraction of sp³-hybridized carbons (Fsp3) is 0.100. The average Bonchev–Trinajstić information content (AvgIpc) is 2.38. The fourth-order valence-corrected chi connectivity index (χ4v) is 1.32. The summed E-state index contributed by atoms with van der Waals surface area (Å²) in [5, 5.41) is 17.0. The van der Waals surface area contributed by atoms with Crippen LogP contribution in [-0.4, -0.2) is 29.0 Å². The second kappa shape index (κ2) is 6.40. The van der Waals surface area contributed by atoms with Gasteiger partial charge in [-0.15, -0.1) is 0 Å². The lowest BCUT2D eigenvalue weighted by atomic mass is 10.2. The van der Waals surface area contributed by atoms with E-state index in [1.54, 1.807) is 0 Å². The first-order valence-corrected chi connectivity index (χ1v) is 5.43. The van der Waals surface area contributed by atoms with Gasteiger partial charge in [0.25, 0.3) is 11.6 Å². The van der Waals surface area contributed by atoms with E-state index in [0.717, 1.165) is 6.07 Å². The summed E-state index contributed by atoms with van der Waals surface area (Å²) in [7, 11) is 1.39. The highest BCUT2D eigenvalue weighted by Crippen LogP contribution is 2.12. The quantitative estimate of drug-likeness (QED) is 0.416. The third-order valence-electron chi connectivity index (χ3n) is 2.00. The van der Waals surface area contributed by atoms with Crippen LogP contribution in [0.4, 0.5) is 10.5 Å². The second-order valence-corrected chi connectivity index (χ2v) is 3.70. The van der Waals surface area contributed by atoms with Crippen molar-refractivity contribution >= 4 is 35.0 Å². The highest BCUT2D eigenvalue weighted by atomic mass is 32.1. The molecule has 0 bridgehead atoms. The van der Waals surface area contributed by atoms with E-state index in [0.29, 0.717) is 0 Å². The number of urea groups is 1. The first-order valence-electron chi connectivity index (χ1n) is 5.02. The molecule has 0 heterocycles. The first-order chi connectivity index (χ1) is 8.93. The third kappa shape index (κ3) is 4.32. The summed E-state index contributed by atoms with van der Waals surface area (Å²) in [6.07, 6.45) is 0. The van der Waals surface area contributed by atoms with Crippen LogP contribution in [0.2, 0.25) is 0 Å². The highest BCUT2D eigenvalue weighted by molar-refractivity contribution is 7.80. The van der Waals surface area contributed by atoms with Crippen molar-refractivity contribution in [2.45, 2.75) is 0 Å². The summed E-state index contributed by atoms with van der Waals surface area (Å²) in [4.78, 5) is 32.6. The van der Waals surface area contributed by atoms with Gasteiger partial charge in [0.1, 0.15) is 0 Å². The van der Waals surface area contributed by atoms with Crippen LogP contribution in [0.1, 0.15) is 10.4 Å². The molecule has 19 heavy (non-hydrogen) atoms. The zero-order valence-corrected chi connectivity index (χ0v) is 10.6.